The highest BCUT2D eigenvalue weighted by Crippen LogP contribution is 2.20. The monoisotopic (exact) mass is 369 g/mol. The van der Waals surface area contributed by atoms with Gasteiger partial charge in [0.05, 0.1) is 7.11 Å². The largest absolute Gasteiger partial charge is 0.497 e. The van der Waals surface area contributed by atoms with E-state index in [-0.39, 0.29) is 0 Å². The molecule has 0 saturated heterocycles. The first-order valence-electron chi connectivity index (χ1n) is 9.67. The summed E-state index contributed by atoms with van der Waals surface area (Å²) in [6.45, 7) is 20.3. The third kappa shape index (κ3) is 38.3. The molecule has 0 aromatic rings. The van der Waals surface area contributed by atoms with Crippen molar-refractivity contribution < 1.29 is 9.53 Å². The molecule has 0 aliphatic carbocycles. The van der Waals surface area contributed by atoms with Gasteiger partial charge < -0.3 is 14.4 Å². The molecule has 0 saturated carbocycles. The van der Waals surface area contributed by atoms with Crippen molar-refractivity contribution in [2.24, 2.45) is 11.8 Å². The Morgan fingerprint density at radius 1 is 1.04 bits per heavy atom. The zero-order valence-electron chi connectivity index (χ0n) is 19.4. The van der Waals surface area contributed by atoms with E-state index >= 15 is 0 Å². The maximum atomic E-state index is 8.81. The van der Waals surface area contributed by atoms with Crippen molar-refractivity contribution in [2.75, 3.05) is 28.3 Å². The summed E-state index contributed by atoms with van der Waals surface area (Å²) in [7, 11) is 7.63. The van der Waals surface area contributed by atoms with Gasteiger partial charge in [0.25, 0.3) is 0 Å². The molecule has 0 aromatic carbocycles. The van der Waals surface area contributed by atoms with Crippen LogP contribution in [0.5, 0.6) is 0 Å². The van der Waals surface area contributed by atoms with Crippen LogP contribution in [0.4, 0.5) is 0 Å². The molecule has 2 atom stereocenters. The first kappa shape index (κ1) is 32.3. The second kappa shape index (κ2) is 25.9. The average Bonchev–Trinajstić information content (AvgIpc) is 2.57. The molecule has 0 aliphatic rings. The van der Waals surface area contributed by atoms with Crippen LogP contribution in [-0.4, -0.2) is 39.4 Å². The molecule has 2 unspecified atom stereocenters. The molecule has 0 heterocycles. The molecule has 0 amide bonds. The van der Waals surface area contributed by atoms with Gasteiger partial charge in [-0.1, -0.05) is 78.7 Å². The molecule has 0 aliphatic heterocycles. The summed E-state index contributed by atoms with van der Waals surface area (Å²) in [6, 6.07) is 0. The molecule has 3 heteroatoms. The second-order valence-electron chi connectivity index (χ2n) is 6.85. The van der Waals surface area contributed by atoms with Crippen molar-refractivity contribution in [3.63, 3.8) is 0 Å². The third-order valence-electron chi connectivity index (χ3n) is 3.17. The highest BCUT2D eigenvalue weighted by Gasteiger charge is 2.06. The Labute approximate surface area is 165 Å². The maximum Gasteiger partial charge on any atom is 0.116 e. The minimum Gasteiger partial charge on any atom is -0.497 e. The number of carbonyl (C=O) groups excluding carboxylic acids is 1. The lowest BCUT2D eigenvalue weighted by atomic mass is 9.92. The van der Waals surface area contributed by atoms with Gasteiger partial charge in [0.1, 0.15) is 12.0 Å². The Morgan fingerprint density at radius 2 is 1.42 bits per heavy atom. The van der Waals surface area contributed by atoms with Crippen LogP contribution in [0.1, 0.15) is 67.2 Å². The fourth-order valence-corrected chi connectivity index (χ4v) is 1.36. The smallest absolute Gasteiger partial charge is 0.116 e. The standard InChI is InChI=1S/C15H26O.C3H9N.C3H8.C2H4O/c1-7-12(2)8-9-13(3)14(4)10-11-15(5)16-6;1-4(2)3;1-3-2;1-2-3/h10-13H,4-5,7-9H2,1-3,6H3;1-3H3;3H2,1-2H3;2H,1H3/b11-10-;;;. The van der Waals surface area contributed by atoms with E-state index in [0.717, 1.165) is 17.8 Å². The zero-order chi connectivity index (χ0) is 21.5. The van der Waals surface area contributed by atoms with Gasteiger partial charge >= 0.3 is 0 Å². The molecular weight excluding hydrogens is 322 g/mol. The van der Waals surface area contributed by atoms with Crippen LogP contribution >= 0.6 is 0 Å². The molecule has 0 radical (unpaired) electrons. The molecule has 26 heavy (non-hydrogen) atoms. The van der Waals surface area contributed by atoms with Crippen LogP contribution in [0, 0.1) is 11.8 Å². The summed E-state index contributed by atoms with van der Waals surface area (Å²) >= 11 is 0. The predicted octanol–water partition coefficient (Wildman–Crippen LogP) is 6.52. The van der Waals surface area contributed by atoms with Gasteiger partial charge in [-0.2, -0.15) is 0 Å². The molecule has 0 spiro atoms. The van der Waals surface area contributed by atoms with E-state index in [4.69, 9.17) is 9.53 Å². The molecule has 156 valence electrons. The Hall–Kier alpha value is -1.35. The van der Waals surface area contributed by atoms with Crippen molar-refractivity contribution in [3.8, 4) is 0 Å². The Morgan fingerprint density at radius 3 is 1.73 bits per heavy atom. The number of carbonyl (C=O) groups is 1. The molecule has 0 N–H and O–H groups in total. The molecular formula is C23H47NO2. The lowest BCUT2D eigenvalue weighted by Gasteiger charge is -2.14. The highest BCUT2D eigenvalue weighted by atomic mass is 16.5. The summed E-state index contributed by atoms with van der Waals surface area (Å²) in [6.07, 6.45) is 9.62. The van der Waals surface area contributed by atoms with E-state index in [2.05, 4.69) is 47.8 Å². The summed E-state index contributed by atoms with van der Waals surface area (Å²) in [5.41, 5.74) is 1.15. The summed E-state index contributed by atoms with van der Waals surface area (Å²) in [4.78, 5) is 10.8. The fourth-order valence-electron chi connectivity index (χ4n) is 1.36. The normalized spacial score (nSPS) is 11.7. The summed E-state index contributed by atoms with van der Waals surface area (Å²) < 4.78 is 4.97. The second-order valence-corrected chi connectivity index (χ2v) is 6.85. The molecule has 0 rings (SSSR count). The van der Waals surface area contributed by atoms with Crippen LogP contribution in [0.25, 0.3) is 0 Å². The minimum atomic E-state index is 0.537. The highest BCUT2D eigenvalue weighted by molar-refractivity contribution is 5.44. The number of ether oxygens (including phenoxy) is 1. The van der Waals surface area contributed by atoms with E-state index < -0.39 is 0 Å². The average molecular weight is 370 g/mol. The quantitative estimate of drug-likeness (QED) is 0.277. The van der Waals surface area contributed by atoms with E-state index in [0.29, 0.717) is 11.7 Å². The van der Waals surface area contributed by atoms with Crippen LogP contribution in [0.15, 0.2) is 36.6 Å². The maximum absolute atomic E-state index is 8.81. The number of rotatable bonds is 8. The van der Waals surface area contributed by atoms with Crippen LogP contribution < -0.4 is 0 Å². The van der Waals surface area contributed by atoms with Gasteiger partial charge in [0, 0.05) is 0 Å². The predicted molar refractivity (Wildman–Crippen MR) is 120 cm³/mol. The number of aldehydes is 1. The SMILES string of the molecule is C=C(/C=C\C(=C)C(C)CCC(C)CC)OC.CC=O.CCC.CN(C)C. The third-order valence-corrected chi connectivity index (χ3v) is 3.17. The summed E-state index contributed by atoms with van der Waals surface area (Å²) in [5, 5.41) is 0. The zero-order valence-corrected chi connectivity index (χ0v) is 19.4. The van der Waals surface area contributed by atoms with Crippen molar-refractivity contribution in [2.45, 2.75) is 67.2 Å². The lowest BCUT2D eigenvalue weighted by Crippen LogP contribution is -2.00. The van der Waals surface area contributed by atoms with Gasteiger partial charge in [0.2, 0.25) is 0 Å². The van der Waals surface area contributed by atoms with Crippen molar-refractivity contribution >= 4 is 6.29 Å². The molecule has 0 aromatic heterocycles. The van der Waals surface area contributed by atoms with E-state index in [9.17, 15) is 0 Å². The molecule has 0 fully saturated rings. The molecule has 0 bridgehead atoms. The lowest BCUT2D eigenvalue weighted by molar-refractivity contribution is -0.106. The summed E-state index contributed by atoms with van der Waals surface area (Å²) in [5.74, 6) is 2.03. The Balaban J connectivity index is -0.000000199. The number of hydrogen-bond acceptors (Lipinski definition) is 3. The first-order valence-corrected chi connectivity index (χ1v) is 9.67. The number of hydrogen-bond donors (Lipinski definition) is 0. The Bertz CT molecular complexity index is 343. The van der Waals surface area contributed by atoms with Gasteiger partial charge in [-0.05, 0) is 52.4 Å². The topological polar surface area (TPSA) is 29.5 Å². The number of allylic oxidation sites excluding steroid dienone is 3. The number of methoxy groups -OCH3 is 1. The van der Waals surface area contributed by atoms with Gasteiger partial charge in [-0.25, -0.2) is 0 Å². The van der Waals surface area contributed by atoms with Gasteiger partial charge in [0.15, 0.2) is 0 Å². The molecule has 3 nitrogen and oxygen atoms in total. The Kier molecular flexibility index (Phi) is 32.2. The van der Waals surface area contributed by atoms with Crippen molar-refractivity contribution in [1.29, 1.82) is 0 Å². The van der Waals surface area contributed by atoms with Gasteiger partial charge in [-0.15, -0.1) is 0 Å². The number of nitrogens with zero attached hydrogens (tertiary/aromatic N) is 1. The van der Waals surface area contributed by atoms with Crippen molar-refractivity contribution in [3.05, 3.63) is 36.6 Å². The van der Waals surface area contributed by atoms with E-state index in [1.807, 2.05) is 38.2 Å². The van der Waals surface area contributed by atoms with Crippen LogP contribution in [-0.2, 0) is 9.53 Å². The van der Waals surface area contributed by atoms with Crippen molar-refractivity contribution in [1.82, 2.24) is 4.90 Å². The van der Waals surface area contributed by atoms with Gasteiger partial charge in [-0.3, -0.25) is 0 Å². The van der Waals surface area contributed by atoms with Crippen LogP contribution in [0.2, 0.25) is 0 Å². The fraction of sp³-hybridized carbons (Fsp3) is 0.696. The first-order chi connectivity index (χ1) is 12.1. The van der Waals surface area contributed by atoms with Crippen LogP contribution in [0.3, 0.4) is 0 Å². The minimum absolute atomic E-state index is 0.537. The van der Waals surface area contributed by atoms with E-state index in [1.54, 1.807) is 7.11 Å². The van der Waals surface area contributed by atoms with E-state index in [1.165, 1.54) is 32.6 Å².